The van der Waals surface area contributed by atoms with Crippen LogP contribution in [0.1, 0.15) is 46.0 Å². The maximum atomic E-state index is 12.8. The first-order valence-corrected chi connectivity index (χ1v) is 9.03. The highest BCUT2D eigenvalue weighted by atomic mass is 32.2. The minimum Gasteiger partial charge on any atom is -0.480 e. The van der Waals surface area contributed by atoms with Crippen molar-refractivity contribution in [3.63, 3.8) is 0 Å². The van der Waals surface area contributed by atoms with Gasteiger partial charge in [0.1, 0.15) is 6.04 Å². The summed E-state index contributed by atoms with van der Waals surface area (Å²) >= 11 is 1.61. The molecule has 4 atom stereocenters. The molecule has 5 nitrogen and oxygen atoms in total. The van der Waals surface area contributed by atoms with Crippen molar-refractivity contribution >= 4 is 23.6 Å². The van der Waals surface area contributed by atoms with Gasteiger partial charge >= 0.3 is 5.97 Å². The van der Waals surface area contributed by atoms with Gasteiger partial charge in [-0.3, -0.25) is 4.79 Å². The number of rotatable bonds is 5. The largest absolute Gasteiger partial charge is 0.480 e. The number of piperidine rings is 1. The molecule has 2 saturated heterocycles. The standard InChI is InChI=1S/C15H26N2O3S/c1-3-5-13-17(12(9-21-13)15(19)20)14(18)11-8-10(4-2)6-7-16-11/h10-13,16H,3-9H2,1-2H3,(H,19,20). The van der Waals surface area contributed by atoms with Crippen LogP contribution in [0.5, 0.6) is 0 Å². The molecule has 0 aromatic rings. The van der Waals surface area contributed by atoms with E-state index in [4.69, 9.17) is 0 Å². The molecule has 0 spiro atoms. The average Bonchev–Trinajstić information content (AvgIpc) is 2.91. The number of carbonyl (C=O) groups is 2. The predicted molar refractivity (Wildman–Crippen MR) is 84.2 cm³/mol. The lowest BCUT2D eigenvalue weighted by molar-refractivity contribution is -0.150. The first kappa shape index (κ1) is 16.6. The van der Waals surface area contributed by atoms with Gasteiger partial charge in [-0.1, -0.05) is 26.7 Å². The van der Waals surface area contributed by atoms with E-state index in [2.05, 4.69) is 19.2 Å². The number of aliphatic carboxylic acids is 1. The molecule has 0 radical (unpaired) electrons. The van der Waals surface area contributed by atoms with Crippen LogP contribution in [0.3, 0.4) is 0 Å². The van der Waals surface area contributed by atoms with Crippen LogP contribution < -0.4 is 5.32 Å². The Balaban J connectivity index is 2.10. The summed E-state index contributed by atoms with van der Waals surface area (Å²) < 4.78 is 0. The Hall–Kier alpha value is -0.750. The molecule has 21 heavy (non-hydrogen) atoms. The fourth-order valence-corrected chi connectivity index (χ4v) is 4.78. The molecule has 2 aliphatic heterocycles. The van der Waals surface area contributed by atoms with Crippen molar-refractivity contribution in [1.82, 2.24) is 10.2 Å². The number of amides is 1. The summed E-state index contributed by atoms with van der Waals surface area (Å²) in [5.74, 6) is 0.194. The zero-order chi connectivity index (χ0) is 15.4. The van der Waals surface area contributed by atoms with Gasteiger partial charge < -0.3 is 15.3 Å². The zero-order valence-corrected chi connectivity index (χ0v) is 13.7. The van der Waals surface area contributed by atoms with Crippen LogP contribution in [0.15, 0.2) is 0 Å². The topological polar surface area (TPSA) is 69.6 Å². The van der Waals surface area contributed by atoms with Gasteiger partial charge in [0, 0.05) is 5.75 Å². The van der Waals surface area contributed by atoms with E-state index in [0.29, 0.717) is 11.7 Å². The van der Waals surface area contributed by atoms with Crippen LogP contribution in [-0.4, -0.2) is 51.6 Å². The molecule has 0 aromatic carbocycles. The van der Waals surface area contributed by atoms with Gasteiger partial charge in [-0.2, -0.15) is 0 Å². The molecular weight excluding hydrogens is 288 g/mol. The second-order valence-corrected chi connectivity index (χ2v) is 7.19. The molecule has 2 rings (SSSR count). The molecule has 6 heteroatoms. The number of thioether (sulfide) groups is 1. The number of hydrogen-bond donors (Lipinski definition) is 2. The highest BCUT2D eigenvalue weighted by Gasteiger charge is 2.43. The fraction of sp³-hybridized carbons (Fsp3) is 0.867. The van der Waals surface area contributed by atoms with Crippen LogP contribution in [0.2, 0.25) is 0 Å². The lowest BCUT2D eigenvalue weighted by Crippen LogP contribution is -2.55. The third kappa shape index (κ3) is 3.72. The number of nitrogens with zero attached hydrogens (tertiary/aromatic N) is 1. The Morgan fingerprint density at radius 3 is 2.76 bits per heavy atom. The molecule has 1 amide bonds. The van der Waals surface area contributed by atoms with E-state index in [1.807, 2.05) is 0 Å². The van der Waals surface area contributed by atoms with Crippen molar-refractivity contribution in [3.05, 3.63) is 0 Å². The van der Waals surface area contributed by atoms with Gasteiger partial charge in [0.2, 0.25) is 5.91 Å². The normalized spacial score (nSPS) is 33.1. The molecule has 0 saturated carbocycles. The minimum atomic E-state index is -0.877. The van der Waals surface area contributed by atoms with Gasteiger partial charge in [0.15, 0.2) is 0 Å². The van der Waals surface area contributed by atoms with Crippen molar-refractivity contribution in [2.45, 2.75) is 63.4 Å². The third-order valence-corrected chi connectivity index (χ3v) is 5.91. The second-order valence-electron chi connectivity index (χ2n) is 5.98. The van der Waals surface area contributed by atoms with Crippen molar-refractivity contribution in [2.75, 3.05) is 12.3 Å². The van der Waals surface area contributed by atoms with Gasteiger partial charge in [-0.15, -0.1) is 11.8 Å². The Kier molecular flexibility index (Phi) is 5.93. The van der Waals surface area contributed by atoms with E-state index < -0.39 is 12.0 Å². The highest BCUT2D eigenvalue weighted by molar-refractivity contribution is 8.00. The van der Waals surface area contributed by atoms with Crippen LogP contribution in [0.25, 0.3) is 0 Å². The van der Waals surface area contributed by atoms with E-state index in [-0.39, 0.29) is 17.3 Å². The van der Waals surface area contributed by atoms with E-state index in [1.54, 1.807) is 16.7 Å². The maximum Gasteiger partial charge on any atom is 0.327 e. The highest BCUT2D eigenvalue weighted by Crippen LogP contribution is 2.34. The predicted octanol–water partition coefficient (Wildman–Crippen LogP) is 1.92. The molecule has 0 aliphatic carbocycles. The van der Waals surface area contributed by atoms with Crippen molar-refractivity contribution in [1.29, 1.82) is 0 Å². The van der Waals surface area contributed by atoms with Crippen LogP contribution >= 0.6 is 11.8 Å². The minimum absolute atomic E-state index is 0.0102. The quantitative estimate of drug-likeness (QED) is 0.811. The van der Waals surface area contributed by atoms with Gasteiger partial charge in [0.05, 0.1) is 11.4 Å². The number of carboxylic acids is 1. The maximum absolute atomic E-state index is 12.8. The lowest BCUT2D eigenvalue weighted by Gasteiger charge is -2.35. The molecule has 2 aliphatic rings. The summed E-state index contributed by atoms with van der Waals surface area (Å²) in [6, 6.07) is -0.869. The Morgan fingerprint density at radius 2 is 2.14 bits per heavy atom. The van der Waals surface area contributed by atoms with Crippen LogP contribution in [0, 0.1) is 5.92 Å². The number of carbonyl (C=O) groups excluding carboxylic acids is 1. The fourth-order valence-electron chi connectivity index (χ4n) is 3.25. The van der Waals surface area contributed by atoms with E-state index in [9.17, 15) is 14.7 Å². The molecule has 2 heterocycles. The lowest BCUT2D eigenvalue weighted by atomic mass is 9.89. The first-order chi connectivity index (χ1) is 10.1. The summed E-state index contributed by atoms with van der Waals surface area (Å²) in [7, 11) is 0. The second kappa shape index (κ2) is 7.49. The molecule has 120 valence electrons. The van der Waals surface area contributed by atoms with Crippen LogP contribution in [-0.2, 0) is 9.59 Å². The summed E-state index contributed by atoms with van der Waals surface area (Å²) in [6.45, 7) is 5.08. The molecule has 4 unspecified atom stereocenters. The van der Waals surface area contributed by atoms with Crippen molar-refractivity contribution in [3.8, 4) is 0 Å². The monoisotopic (exact) mass is 314 g/mol. The van der Waals surface area contributed by atoms with E-state index in [0.717, 1.165) is 38.6 Å². The molecule has 2 N–H and O–H groups in total. The molecular formula is C15H26N2O3S. The summed E-state index contributed by atoms with van der Waals surface area (Å²) in [4.78, 5) is 25.9. The first-order valence-electron chi connectivity index (χ1n) is 7.98. The molecule has 2 fully saturated rings. The summed E-state index contributed by atoms with van der Waals surface area (Å²) in [5.41, 5.74) is 0. The molecule has 0 bridgehead atoms. The number of nitrogens with one attached hydrogen (secondary N) is 1. The van der Waals surface area contributed by atoms with Gasteiger partial charge in [-0.05, 0) is 31.7 Å². The summed E-state index contributed by atoms with van der Waals surface area (Å²) in [6.07, 6.45) is 4.85. The smallest absolute Gasteiger partial charge is 0.327 e. The van der Waals surface area contributed by atoms with E-state index in [1.165, 1.54) is 0 Å². The van der Waals surface area contributed by atoms with Crippen LogP contribution in [0.4, 0.5) is 0 Å². The Labute approximate surface area is 130 Å². The third-order valence-electron chi connectivity index (χ3n) is 4.56. The SMILES string of the molecule is CCCC1SCC(C(=O)O)N1C(=O)C1CC(CC)CCN1. The Bertz CT molecular complexity index is 391. The van der Waals surface area contributed by atoms with Gasteiger partial charge in [0.25, 0.3) is 0 Å². The van der Waals surface area contributed by atoms with Crippen molar-refractivity contribution in [2.24, 2.45) is 5.92 Å². The average molecular weight is 314 g/mol. The molecule has 0 aromatic heterocycles. The number of carboxylic acid groups (broad SMARTS) is 1. The Morgan fingerprint density at radius 1 is 1.38 bits per heavy atom. The summed E-state index contributed by atoms with van der Waals surface area (Å²) in [5, 5.41) is 12.7. The van der Waals surface area contributed by atoms with Gasteiger partial charge in [-0.25, -0.2) is 4.79 Å². The van der Waals surface area contributed by atoms with Crippen molar-refractivity contribution < 1.29 is 14.7 Å². The zero-order valence-electron chi connectivity index (χ0n) is 12.9. The van der Waals surface area contributed by atoms with E-state index >= 15 is 0 Å². The number of hydrogen-bond acceptors (Lipinski definition) is 4.